The molecule has 0 atom stereocenters. The smallest absolute Gasteiger partial charge is 0.255 e. The zero-order valence-electron chi connectivity index (χ0n) is 16.0. The molecule has 6 heteroatoms. The molecule has 29 heavy (non-hydrogen) atoms. The molecule has 3 aromatic rings. The highest BCUT2D eigenvalue weighted by atomic mass is 16.2. The maximum Gasteiger partial charge on any atom is 0.255 e. The van der Waals surface area contributed by atoms with Crippen molar-refractivity contribution in [2.75, 3.05) is 36.4 Å². The Morgan fingerprint density at radius 1 is 0.759 bits per heavy atom. The van der Waals surface area contributed by atoms with E-state index in [4.69, 9.17) is 0 Å². The molecule has 1 fully saturated rings. The van der Waals surface area contributed by atoms with Crippen LogP contribution >= 0.6 is 0 Å². The molecule has 1 aliphatic rings. The summed E-state index contributed by atoms with van der Waals surface area (Å²) >= 11 is 0. The molecule has 1 aliphatic heterocycles. The number of nitrogens with one attached hydrogen (secondary N) is 1. The molecule has 0 bridgehead atoms. The van der Waals surface area contributed by atoms with E-state index >= 15 is 0 Å². The van der Waals surface area contributed by atoms with Crippen molar-refractivity contribution in [2.45, 2.75) is 0 Å². The Morgan fingerprint density at radius 3 is 2.07 bits per heavy atom. The number of carbonyl (C=O) groups excluding carboxylic acids is 2. The highest BCUT2D eigenvalue weighted by Gasteiger charge is 2.22. The SMILES string of the molecule is O=C(Nc1ccc(N2CCN(C(=O)c3ccccc3)CC2)cc1)c1ccncc1. The standard InChI is InChI=1S/C23H22N4O2/c28-22(18-10-12-24-13-11-18)25-20-6-8-21(9-7-20)26-14-16-27(17-15-26)23(29)19-4-2-1-3-5-19/h1-13H,14-17H2,(H,25,28). The summed E-state index contributed by atoms with van der Waals surface area (Å²) in [5.74, 6) is -0.0763. The van der Waals surface area contributed by atoms with Crippen LogP contribution in [0.15, 0.2) is 79.1 Å². The first-order valence-electron chi connectivity index (χ1n) is 9.61. The minimum absolute atomic E-state index is 0.0828. The van der Waals surface area contributed by atoms with Gasteiger partial charge in [-0.15, -0.1) is 0 Å². The van der Waals surface area contributed by atoms with Gasteiger partial charge in [-0.1, -0.05) is 18.2 Å². The summed E-state index contributed by atoms with van der Waals surface area (Å²) in [7, 11) is 0. The number of hydrogen-bond donors (Lipinski definition) is 1. The number of rotatable bonds is 4. The summed E-state index contributed by atoms with van der Waals surface area (Å²) in [6.07, 6.45) is 3.19. The minimum Gasteiger partial charge on any atom is -0.368 e. The Balaban J connectivity index is 1.33. The van der Waals surface area contributed by atoms with Gasteiger partial charge in [0.1, 0.15) is 0 Å². The van der Waals surface area contributed by atoms with Crippen LogP contribution in [0, 0.1) is 0 Å². The third-order valence-corrected chi connectivity index (χ3v) is 5.02. The number of pyridine rings is 1. The Morgan fingerprint density at radius 2 is 1.41 bits per heavy atom. The van der Waals surface area contributed by atoms with E-state index < -0.39 is 0 Å². The van der Waals surface area contributed by atoms with Gasteiger partial charge in [0, 0.05) is 61.1 Å². The van der Waals surface area contributed by atoms with Crippen LogP contribution in [0.4, 0.5) is 11.4 Å². The first kappa shape index (κ1) is 18.7. The number of benzene rings is 2. The predicted molar refractivity (Wildman–Crippen MR) is 113 cm³/mol. The van der Waals surface area contributed by atoms with E-state index in [-0.39, 0.29) is 11.8 Å². The van der Waals surface area contributed by atoms with Gasteiger partial charge in [-0.3, -0.25) is 14.6 Å². The van der Waals surface area contributed by atoms with Crippen molar-refractivity contribution < 1.29 is 9.59 Å². The molecule has 2 heterocycles. The van der Waals surface area contributed by atoms with E-state index in [0.29, 0.717) is 18.7 Å². The van der Waals surface area contributed by atoms with Crippen LogP contribution in [-0.4, -0.2) is 47.9 Å². The fourth-order valence-corrected chi connectivity index (χ4v) is 3.39. The van der Waals surface area contributed by atoms with Gasteiger partial charge in [0.05, 0.1) is 0 Å². The van der Waals surface area contributed by atoms with Gasteiger partial charge in [0.15, 0.2) is 0 Å². The number of nitrogens with zero attached hydrogens (tertiary/aromatic N) is 3. The topological polar surface area (TPSA) is 65.5 Å². The minimum atomic E-state index is -0.159. The van der Waals surface area contributed by atoms with Crippen molar-refractivity contribution in [2.24, 2.45) is 0 Å². The first-order chi connectivity index (χ1) is 14.2. The number of hydrogen-bond acceptors (Lipinski definition) is 4. The van der Waals surface area contributed by atoms with Gasteiger partial charge in [0.25, 0.3) is 11.8 Å². The molecule has 1 saturated heterocycles. The van der Waals surface area contributed by atoms with Gasteiger partial charge in [-0.25, -0.2) is 0 Å². The van der Waals surface area contributed by atoms with Crippen molar-refractivity contribution in [3.63, 3.8) is 0 Å². The number of piperazine rings is 1. The van der Waals surface area contributed by atoms with E-state index in [0.717, 1.165) is 30.0 Å². The average molecular weight is 386 g/mol. The number of anilines is 2. The summed E-state index contributed by atoms with van der Waals surface area (Å²) in [4.78, 5) is 32.9. The van der Waals surface area contributed by atoms with E-state index in [1.54, 1.807) is 24.5 Å². The molecular weight excluding hydrogens is 364 g/mol. The average Bonchev–Trinajstić information content (AvgIpc) is 2.80. The lowest BCUT2D eigenvalue weighted by molar-refractivity contribution is 0.0746. The van der Waals surface area contributed by atoms with Crippen LogP contribution < -0.4 is 10.2 Å². The highest BCUT2D eigenvalue weighted by Crippen LogP contribution is 2.20. The fourth-order valence-electron chi connectivity index (χ4n) is 3.39. The molecule has 6 nitrogen and oxygen atoms in total. The van der Waals surface area contributed by atoms with Crippen LogP contribution in [0.2, 0.25) is 0 Å². The number of amides is 2. The van der Waals surface area contributed by atoms with Crippen molar-refractivity contribution in [1.82, 2.24) is 9.88 Å². The second-order valence-corrected chi connectivity index (χ2v) is 6.88. The molecular formula is C23H22N4O2. The molecule has 1 N–H and O–H groups in total. The highest BCUT2D eigenvalue weighted by molar-refractivity contribution is 6.04. The molecule has 1 aromatic heterocycles. The fraction of sp³-hybridized carbons (Fsp3) is 0.174. The second kappa shape index (κ2) is 8.56. The molecule has 0 unspecified atom stereocenters. The van der Waals surface area contributed by atoms with Gasteiger partial charge in [-0.05, 0) is 48.5 Å². The predicted octanol–water partition coefficient (Wildman–Crippen LogP) is 3.30. The Kier molecular flexibility index (Phi) is 5.52. The Hall–Kier alpha value is -3.67. The maximum atomic E-state index is 12.6. The summed E-state index contributed by atoms with van der Waals surface area (Å²) in [6, 6.07) is 20.6. The van der Waals surface area contributed by atoms with E-state index in [9.17, 15) is 9.59 Å². The lowest BCUT2D eigenvalue weighted by Gasteiger charge is -2.36. The third-order valence-electron chi connectivity index (χ3n) is 5.02. The third kappa shape index (κ3) is 4.43. The van der Waals surface area contributed by atoms with Crippen molar-refractivity contribution >= 4 is 23.2 Å². The van der Waals surface area contributed by atoms with E-state index in [1.165, 1.54) is 0 Å². The second-order valence-electron chi connectivity index (χ2n) is 6.88. The summed E-state index contributed by atoms with van der Waals surface area (Å²) in [5.41, 5.74) is 3.13. The molecule has 0 radical (unpaired) electrons. The van der Waals surface area contributed by atoms with Crippen LogP contribution in [0.5, 0.6) is 0 Å². The molecule has 0 saturated carbocycles. The van der Waals surface area contributed by atoms with Crippen LogP contribution in [-0.2, 0) is 0 Å². The maximum absolute atomic E-state index is 12.6. The first-order valence-corrected chi connectivity index (χ1v) is 9.61. The largest absolute Gasteiger partial charge is 0.368 e. The molecule has 2 aromatic carbocycles. The number of aromatic nitrogens is 1. The van der Waals surface area contributed by atoms with Crippen molar-refractivity contribution in [1.29, 1.82) is 0 Å². The normalized spacial score (nSPS) is 13.8. The van der Waals surface area contributed by atoms with Gasteiger partial charge in [0.2, 0.25) is 0 Å². The lowest BCUT2D eigenvalue weighted by Crippen LogP contribution is -2.48. The van der Waals surface area contributed by atoms with Gasteiger partial charge in [-0.2, -0.15) is 0 Å². The summed E-state index contributed by atoms with van der Waals surface area (Å²) in [6.45, 7) is 2.94. The van der Waals surface area contributed by atoms with Gasteiger partial charge >= 0.3 is 0 Å². The number of carbonyl (C=O) groups is 2. The van der Waals surface area contributed by atoms with Crippen molar-refractivity contribution in [3.8, 4) is 0 Å². The Bertz CT molecular complexity index is 967. The van der Waals surface area contributed by atoms with Crippen LogP contribution in [0.3, 0.4) is 0 Å². The lowest BCUT2D eigenvalue weighted by atomic mass is 10.1. The van der Waals surface area contributed by atoms with Crippen LogP contribution in [0.1, 0.15) is 20.7 Å². The summed E-state index contributed by atoms with van der Waals surface area (Å²) in [5, 5.41) is 2.89. The molecule has 146 valence electrons. The van der Waals surface area contributed by atoms with E-state index in [2.05, 4.69) is 15.2 Å². The van der Waals surface area contributed by atoms with Crippen LogP contribution in [0.25, 0.3) is 0 Å². The molecule has 2 amide bonds. The Labute approximate surface area is 169 Å². The molecule has 0 aliphatic carbocycles. The monoisotopic (exact) mass is 386 g/mol. The van der Waals surface area contributed by atoms with Gasteiger partial charge < -0.3 is 15.1 Å². The quantitative estimate of drug-likeness (QED) is 0.747. The van der Waals surface area contributed by atoms with Crippen molar-refractivity contribution in [3.05, 3.63) is 90.3 Å². The zero-order chi connectivity index (χ0) is 20.1. The molecule has 0 spiro atoms. The van der Waals surface area contributed by atoms with E-state index in [1.807, 2.05) is 59.5 Å². The molecule has 4 rings (SSSR count). The summed E-state index contributed by atoms with van der Waals surface area (Å²) < 4.78 is 0. The zero-order valence-corrected chi connectivity index (χ0v) is 16.0.